The van der Waals surface area contributed by atoms with Crippen molar-refractivity contribution in [1.82, 2.24) is 10.3 Å². The Labute approximate surface area is 146 Å². The Morgan fingerprint density at radius 3 is 3.04 bits per heavy atom. The van der Waals surface area contributed by atoms with E-state index in [4.69, 9.17) is 4.74 Å². The molecule has 1 atom stereocenters. The molecule has 2 aromatic rings. The molecular weight excluding hydrogens is 322 g/mol. The van der Waals surface area contributed by atoms with Gasteiger partial charge in [0.2, 0.25) is 0 Å². The average molecular weight is 345 g/mol. The number of aromatic nitrogens is 1. The van der Waals surface area contributed by atoms with E-state index in [1.54, 1.807) is 11.3 Å². The Balaban J connectivity index is 1.47. The monoisotopic (exact) mass is 345 g/mol. The zero-order valence-electron chi connectivity index (χ0n) is 14.3. The molecule has 0 spiro atoms. The summed E-state index contributed by atoms with van der Waals surface area (Å²) in [5.74, 6) is 1.37. The van der Waals surface area contributed by atoms with Crippen LogP contribution in [-0.2, 0) is 12.8 Å². The Kier molecular flexibility index (Phi) is 5.04. The Hall–Kier alpha value is -2.08. The minimum atomic E-state index is -0.193. The number of hydrogen-bond donors (Lipinski definition) is 2. The molecule has 2 amide bonds. The lowest BCUT2D eigenvalue weighted by atomic mass is 10.1. The molecule has 1 aromatic carbocycles. The van der Waals surface area contributed by atoms with Crippen molar-refractivity contribution in [3.05, 3.63) is 39.8 Å². The molecule has 0 saturated carbocycles. The number of carbonyl (C=O) groups excluding carboxylic acids is 1. The maximum atomic E-state index is 12.0. The van der Waals surface area contributed by atoms with Gasteiger partial charge in [-0.2, -0.15) is 0 Å². The molecule has 0 fully saturated rings. The summed E-state index contributed by atoms with van der Waals surface area (Å²) in [6.07, 6.45) is 1.83. The number of urea groups is 1. The predicted octanol–water partition coefficient (Wildman–Crippen LogP) is 3.95. The molecule has 128 valence electrons. The summed E-state index contributed by atoms with van der Waals surface area (Å²) in [5, 5.41) is 8.96. The normalized spacial score (nSPS) is 15.9. The maximum Gasteiger partial charge on any atom is 0.319 e. The molecular formula is C18H23N3O2S. The molecule has 24 heavy (non-hydrogen) atoms. The van der Waals surface area contributed by atoms with E-state index < -0.39 is 0 Å². The molecule has 0 saturated heterocycles. The lowest BCUT2D eigenvalue weighted by Crippen LogP contribution is -2.30. The lowest BCUT2D eigenvalue weighted by Gasteiger charge is -2.08. The number of benzene rings is 1. The van der Waals surface area contributed by atoms with Gasteiger partial charge < -0.3 is 15.4 Å². The van der Waals surface area contributed by atoms with E-state index in [0.717, 1.165) is 40.5 Å². The predicted molar refractivity (Wildman–Crippen MR) is 97.2 cm³/mol. The van der Waals surface area contributed by atoms with E-state index in [0.29, 0.717) is 12.5 Å². The summed E-state index contributed by atoms with van der Waals surface area (Å²) >= 11 is 1.68. The standard InChI is InChI=1S/C18H23N3O2S/c1-11(2)17-20-15(10-24-17)6-7-19-18(22)21-14-4-5-16-13(9-14)8-12(3)23-16/h4-5,9-12H,6-8H2,1-3H3,(H2,19,21,22)/t12-/m0/s1. The highest BCUT2D eigenvalue weighted by Gasteiger charge is 2.19. The molecule has 0 bridgehead atoms. The van der Waals surface area contributed by atoms with Gasteiger partial charge in [-0.1, -0.05) is 13.8 Å². The molecule has 1 aliphatic rings. The van der Waals surface area contributed by atoms with Crippen LogP contribution in [0, 0.1) is 0 Å². The smallest absolute Gasteiger partial charge is 0.319 e. The molecule has 5 nitrogen and oxygen atoms in total. The van der Waals surface area contributed by atoms with Crippen molar-refractivity contribution < 1.29 is 9.53 Å². The Morgan fingerprint density at radius 1 is 1.46 bits per heavy atom. The number of rotatable bonds is 5. The molecule has 0 aliphatic carbocycles. The fourth-order valence-corrected chi connectivity index (χ4v) is 3.55. The van der Waals surface area contributed by atoms with Gasteiger partial charge in [0.25, 0.3) is 0 Å². The van der Waals surface area contributed by atoms with Crippen molar-refractivity contribution in [2.45, 2.75) is 45.6 Å². The summed E-state index contributed by atoms with van der Waals surface area (Å²) in [4.78, 5) is 16.6. The number of nitrogens with zero attached hydrogens (tertiary/aromatic N) is 1. The molecule has 2 heterocycles. The van der Waals surface area contributed by atoms with Crippen LogP contribution >= 0.6 is 11.3 Å². The molecule has 2 N–H and O–H groups in total. The third kappa shape index (κ3) is 4.06. The fourth-order valence-electron chi connectivity index (χ4n) is 2.68. The van der Waals surface area contributed by atoms with Gasteiger partial charge in [-0.3, -0.25) is 0 Å². The first kappa shape index (κ1) is 16.8. The minimum Gasteiger partial charge on any atom is -0.490 e. The number of carbonyl (C=O) groups is 1. The Bertz CT molecular complexity index is 727. The largest absolute Gasteiger partial charge is 0.490 e. The van der Waals surface area contributed by atoms with Crippen molar-refractivity contribution in [1.29, 1.82) is 0 Å². The highest BCUT2D eigenvalue weighted by atomic mass is 32.1. The van der Waals surface area contributed by atoms with E-state index in [1.165, 1.54) is 0 Å². The zero-order chi connectivity index (χ0) is 17.1. The highest BCUT2D eigenvalue weighted by molar-refractivity contribution is 7.09. The van der Waals surface area contributed by atoms with Crippen LogP contribution in [0.5, 0.6) is 5.75 Å². The second kappa shape index (κ2) is 7.21. The van der Waals surface area contributed by atoms with E-state index >= 15 is 0 Å². The molecule has 1 aromatic heterocycles. The summed E-state index contributed by atoms with van der Waals surface area (Å²) < 4.78 is 5.67. The zero-order valence-corrected chi connectivity index (χ0v) is 15.1. The highest BCUT2D eigenvalue weighted by Crippen LogP contribution is 2.30. The van der Waals surface area contributed by atoms with Gasteiger partial charge in [0.05, 0.1) is 10.7 Å². The summed E-state index contributed by atoms with van der Waals surface area (Å²) in [6, 6.07) is 5.57. The average Bonchev–Trinajstić information content (AvgIpc) is 3.12. The van der Waals surface area contributed by atoms with E-state index in [-0.39, 0.29) is 12.1 Å². The van der Waals surface area contributed by atoms with Crippen molar-refractivity contribution in [2.24, 2.45) is 0 Å². The third-order valence-electron chi connectivity index (χ3n) is 3.88. The topological polar surface area (TPSA) is 63.2 Å². The molecule has 1 aliphatic heterocycles. The number of amides is 2. The molecule has 0 unspecified atom stereocenters. The van der Waals surface area contributed by atoms with Crippen molar-refractivity contribution >= 4 is 23.1 Å². The van der Waals surface area contributed by atoms with E-state index in [1.807, 2.05) is 25.1 Å². The lowest BCUT2D eigenvalue weighted by molar-refractivity contribution is 0.252. The van der Waals surface area contributed by atoms with Crippen molar-refractivity contribution in [2.75, 3.05) is 11.9 Å². The fraction of sp³-hybridized carbons (Fsp3) is 0.444. The third-order valence-corrected chi connectivity index (χ3v) is 5.08. The maximum absolute atomic E-state index is 12.0. The van der Waals surface area contributed by atoms with Gasteiger partial charge in [0, 0.05) is 36.4 Å². The Morgan fingerprint density at radius 2 is 2.29 bits per heavy atom. The number of anilines is 1. The van der Waals surface area contributed by atoms with E-state index in [9.17, 15) is 4.79 Å². The minimum absolute atomic E-state index is 0.193. The van der Waals surface area contributed by atoms with Crippen LogP contribution in [0.25, 0.3) is 0 Å². The summed E-state index contributed by atoms with van der Waals surface area (Å²) in [7, 11) is 0. The molecule has 0 radical (unpaired) electrons. The van der Waals surface area contributed by atoms with Gasteiger partial charge >= 0.3 is 6.03 Å². The van der Waals surface area contributed by atoms with Gasteiger partial charge in [-0.15, -0.1) is 11.3 Å². The van der Waals surface area contributed by atoms with Crippen LogP contribution in [0.1, 0.15) is 43.0 Å². The van der Waals surface area contributed by atoms with Crippen LogP contribution in [0.3, 0.4) is 0 Å². The van der Waals surface area contributed by atoms with Gasteiger partial charge in [-0.05, 0) is 30.7 Å². The second-order valence-corrected chi connectivity index (χ2v) is 7.31. The van der Waals surface area contributed by atoms with Crippen molar-refractivity contribution in [3.63, 3.8) is 0 Å². The van der Waals surface area contributed by atoms with E-state index in [2.05, 4.69) is 34.8 Å². The van der Waals surface area contributed by atoms with Crippen LogP contribution < -0.4 is 15.4 Å². The summed E-state index contributed by atoms with van der Waals surface area (Å²) in [6.45, 7) is 6.88. The van der Waals surface area contributed by atoms with Crippen molar-refractivity contribution in [3.8, 4) is 5.75 Å². The molecule has 3 rings (SSSR count). The molecule has 6 heteroatoms. The number of hydrogen-bond acceptors (Lipinski definition) is 4. The van der Waals surface area contributed by atoms with Crippen LogP contribution in [-0.4, -0.2) is 23.7 Å². The quantitative estimate of drug-likeness (QED) is 0.862. The van der Waals surface area contributed by atoms with Crippen LogP contribution in [0.2, 0.25) is 0 Å². The first-order valence-corrected chi connectivity index (χ1v) is 9.18. The van der Waals surface area contributed by atoms with Gasteiger partial charge in [0.15, 0.2) is 0 Å². The van der Waals surface area contributed by atoms with Gasteiger partial charge in [0.1, 0.15) is 11.9 Å². The SMILES string of the molecule is CC(C)c1nc(CCNC(=O)Nc2ccc3c(c2)C[C@H](C)O3)cs1. The number of ether oxygens (including phenoxy) is 1. The number of thiazole rings is 1. The number of fused-ring (bicyclic) bond motifs is 1. The second-order valence-electron chi connectivity index (χ2n) is 6.42. The van der Waals surface area contributed by atoms with Crippen LogP contribution in [0.4, 0.5) is 10.5 Å². The first-order valence-electron chi connectivity index (χ1n) is 8.30. The number of nitrogens with one attached hydrogen (secondary N) is 2. The first-order chi connectivity index (χ1) is 11.5. The van der Waals surface area contributed by atoms with Gasteiger partial charge in [-0.25, -0.2) is 9.78 Å². The van der Waals surface area contributed by atoms with Crippen LogP contribution in [0.15, 0.2) is 23.6 Å². The summed E-state index contributed by atoms with van der Waals surface area (Å²) in [5.41, 5.74) is 2.97.